The zero-order valence-electron chi connectivity index (χ0n) is 9.16. The molecule has 0 aliphatic carbocycles. The number of hydrogen-bond acceptors (Lipinski definition) is 1. The minimum absolute atomic E-state index is 0.242. The molecule has 1 N–H and O–H groups in total. The molecule has 0 amide bonds. The van der Waals surface area contributed by atoms with Gasteiger partial charge in [0.05, 0.1) is 0 Å². The van der Waals surface area contributed by atoms with Crippen LogP contribution in [-0.4, -0.2) is 11.7 Å². The van der Waals surface area contributed by atoms with Crippen LogP contribution < -0.4 is 0 Å². The Morgan fingerprint density at radius 2 is 1.93 bits per heavy atom. The fourth-order valence-electron chi connectivity index (χ4n) is 1.89. The average Bonchev–Trinajstić information content (AvgIpc) is 2.21. The van der Waals surface area contributed by atoms with Gasteiger partial charge in [0, 0.05) is 6.61 Å². The Bertz CT molecular complexity index is 264. The minimum atomic E-state index is 0.242. The van der Waals surface area contributed by atoms with E-state index >= 15 is 0 Å². The van der Waals surface area contributed by atoms with Gasteiger partial charge in [0.2, 0.25) is 0 Å². The van der Waals surface area contributed by atoms with Crippen LogP contribution in [0.1, 0.15) is 43.7 Å². The molecule has 14 heavy (non-hydrogen) atoms. The molecule has 0 heterocycles. The second-order valence-electron chi connectivity index (χ2n) is 3.73. The van der Waals surface area contributed by atoms with E-state index in [9.17, 15) is 0 Å². The van der Waals surface area contributed by atoms with Gasteiger partial charge < -0.3 is 5.11 Å². The first-order valence-electron chi connectivity index (χ1n) is 5.51. The Balaban J connectivity index is 2.81. The van der Waals surface area contributed by atoms with E-state index in [1.807, 2.05) is 0 Å². The van der Waals surface area contributed by atoms with Crippen LogP contribution in [0.2, 0.25) is 0 Å². The van der Waals surface area contributed by atoms with E-state index in [1.165, 1.54) is 24.0 Å². The van der Waals surface area contributed by atoms with Gasteiger partial charge >= 0.3 is 0 Å². The third kappa shape index (κ3) is 2.85. The molecule has 0 atom stereocenters. The predicted octanol–water partition coefficient (Wildman–Crippen LogP) is 3.13. The second-order valence-corrected chi connectivity index (χ2v) is 3.73. The van der Waals surface area contributed by atoms with Crippen LogP contribution in [0.5, 0.6) is 0 Å². The maximum absolute atomic E-state index is 8.86. The molecule has 1 aromatic carbocycles. The van der Waals surface area contributed by atoms with Crippen LogP contribution >= 0.6 is 0 Å². The third-order valence-corrected chi connectivity index (χ3v) is 2.81. The van der Waals surface area contributed by atoms with Crippen LogP contribution in [0, 0.1) is 0 Å². The first kappa shape index (κ1) is 11.3. The fourth-order valence-corrected chi connectivity index (χ4v) is 1.89. The smallest absolute Gasteiger partial charge is 0.0471 e. The summed E-state index contributed by atoms with van der Waals surface area (Å²) in [5.41, 5.74) is 2.66. The van der Waals surface area contributed by atoms with Gasteiger partial charge in [-0.2, -0.15) is 0 Å². The molecule has 0 spiro atoms. The van der Waals surface area contributed by atoms with Crippen molar-refractivity contribution in [3.8, 4) is 0 Å². The Hall–Kier alpha value is -0.820. The number of aliphatic hydroxyl groups excluding tert-OH is 1. The summed E-state index contributed by atoms with van der Waals surface area (Å²) < 4.78 is 0. The molecular formula is C13H20O. The molecular weight excluding hydrogens is 172 g/mol. The molecule has 1 aromatic rings. The molecule has 0 saturated heterocycles. The lowest BCUT2D eigenvalue weighted by molar-refractivity contribution is 0.299. The molecule has 0 bridgehead atoms. The van der Waals surface area contributed by atoms with E-state index in [1.54, 1.807) is 0 Å². The summed E-state index contributed by atoms with van der Waals surface area (Å²) in [5.74, 6) is 0.675. The van der Waals surface area contributed by atoms with Crippen molar-refractivity contribution in [2.45, 2.75) is 39.0 Å². The van der Waals surface area contributed by atoms with Gasteiger partial charge in [-0.05, 0) is 36.3 Å². The van der Waals surface area contributed by atoms with Gasteiger partial charge in [-0.15, -0.1) is 0 Å². The normalized spacial score (nSPS) is 10.9. The largest absolute Gasteiger partial charge is 0.396 e. The van der Waals surface area contributed by atoms with Crippen LogP contribution in [-0.2, 0) is 6.42 Å². The Morgan fingerprint density at radius 1 is 1.21 bits per heavy atom. The average molecular weight is 192 g/mol. The summed E-state index contributed by atoms with van der Waals surface area (Å²) in [6, 6.07) is 8.60. The highest BCUT2D eigenvalue weighted by Gasteiger charge is 2.06. The van der Waals surface area contributed by atoms with Gasteiger partial charge in [-0.3, -0.25) is 0 Å². The Kier molecular flexibility index (Phi) is 4.68. The molecule has 0 radical (unpaired) electrons. The zero-order chi connectivity index (χ0) is 10.4. The first-order valence-corrected chi connectivity index (χ1v) is 5.51. The third-order valence-electron chi connectivity index (χ3n) is 2.81. The maximum Gasteiger partial charge on any atom is 0.0471 e. The molecule has 1 heteroatoms. The Labute approximate surface area is 86.8 Å². The highest BCUT2D eigenvalue weighted by Crippen LogP contribution is 2.23. The number of benzene rings is 1. The van der Waals surface area contributed by atoms with E-state index in [-0.39, 0.29) is 6.61 Å². The van der Waals surface area contributed by atoms with Crippen molar-refractivity contribution < 1.29 is 5.11 Å². The quantitative estimate of drug-likeness (QED) is 0.760. The topological polar surface area (TPSA) is 20.2 Å². The Morgan fingerprint density at radius 3 is 2.50 bits per heavy atom. The van der Waals surface area contributed by atoms with Crippen LogP contribution in [0.25, 0.3) is 0 Å². The van der Waals surface area contributed by atoms with E-state index in [2.05, 4.69) is 38.1 Å². The highest BCUT2D eigenvalue weighted by atomic mass is 16.2. The van der Waals surface area contributed by atoms with Gasteiger partial charge in [0.25, 0.3) is 0 Å². The van der Waals surface area contributed by atoms with Crippen molar-refractivity contribution >= 4 is 0 Å². The fraction of sp³-hybridized carbons (Fsp3) is 0.538. The SMILES string of the molecule is CCC(CC)c1cccc(CCO)c1. The van der Waals surface area contributed by atoms with Crippen LogP contribution in [0.3, 0.4) is 0 Å². The zero-order valence-corrected chi connectivity index (χ0v) is 9.16. The second kappa shape index (κ2) is 5.82. The molecule has 1 nitrogen and oxygen atoms in total. The number of hydrogen-bond donors (Lipinski definition) is 1. The van der Waals surface area contributed by atoms with E-state index in [0.29, 0.717) is 5.92 Å². The summed E-state index contributed by atoms with van der Waals surface area (Å²) in [4.78, 5) is 0. The highest BCUT2D eigenvalue weighted by molar-refractivity contribution is 5.26. The lowest BCUT2D eigenvalue weighted by Gasteiger charge is -2.13. The number of rotatable bonds is 5. The van der Waals surface area contributed by atoms with Gasteiger partial charge in [0.1, 0.15) is 0 Å². The number of aliphatic hydroxyl groups is 1. The van der Waals surface area contributed by atoms with E-state index in [4.69, 9.17) is 5.11 Å². The lowest BCUT2D eigenvalue weighted by atomic mass is 9.92. The van der Waals surface area contributed by atoms with E-state index < -0.39 is 0 Å². The predicted molar refractivity (Wildman–Crippen MR) is 60.6 cm³/mol. The first-order chi connectivity index (χ1) is 6.81. The van der Waals surface area contributed by atoms with Crippen molar-refractivity contribution in [1.29, 1.82) is 0 Å². The summed E-state index contributed by atoms with van der Waals surface area (Å²) in [5, 5.41) is 8.86. The van der Waals surface area contributed by atoms with Crippen molar-refractivity contribution in [1.82, 2.24) is 0 Å². The van der Waals surface area contributed by atoms with E-state index in [0.717, 1.165) is 6.42 Å². The van der Waals surface area contributed by atoms with Gasteiger partial charge in [0.15, 0.2) is 0 Å². The molecule has 0 aliphatic heterocycles. The minimum Gasteiger partial charge on any atom is -0.396 e. The summed E-state index contributed by atoms with van der Waals surface area (Å²) in [6.45, 7) is 4.70. The molecule has 0 aliphatic rings. The van der Waals surface area contributed by atoms with Gasteiger partial charge in [-0.1, -0.05) is 38.1 Å². The van der Waals surface area contributed by atoms with Crippen molar-refractivity contribution in [3.05, 3.63) is 35.4 Å². The van der Waals surface area contributed by atoms with Gasteiger partial charge in [-0.25, -0.2) is 0 Å². The summed E-state index contributed by atoms with van der Waals surface area (Å²) in [6.07, 6.45) is 3.16. The molecule has 78 valence electrons. The van der Waals surface area contributed by atoms with Crippen molar-refractivity contribution in [3.63, 3.8) is 0 Å². The van der Waals surface area contributed by atoms with Crippen LogP contribution in [0.15, 0.2) is 24.3 Å². The molecule has 0 saturated carbocycles. The summed E-state index contributed by atoms with van der Waals surface area (Å²) in [7, 11) is 0. The molecule has 0 unspecified atom stereocenters. The lowest BCUT2D eigenvalue weighted by Crippen LogP contribution is -1.97. The molecule has 0 fully saturated rings. The van der Waals surface area contributed by atoms with Crippen LogP contribution in [0.4, 0.5) is 0 Å². The molecule has 1 rings (SSSR count). The standard InChI is InChI=1S/C13H20O/c1-3-12(4-2)13-7-5-6-11(10-13)8-9-14/h5-7,10,12,14H,3-4,8-9H2,1-2H3. The van der Waals surface area contributed by atoms with Crippen molar-refractivity contribution in [2.75, 3.05) is 6.61 Å². The summed E-state index contributed by atoms with van der Waals surface area (Å²) >= 11 is 0. The molecule has 0 aromatic heterocycles. The monoisotopic (exact) mass is 192 g/mol. The maximum atomic E-state index is 8.86. The van der Waals surface area contributed by atoms with Crippen molar-refractivity contribution in [2.24, 2.45) is 0 Å².